The number of rotatable bonds is 3. The molecule has 2 nitrogen and oxygen atoms in total. The van der Waals surface area contributed by atoms with Crippen molar-refractivity contribution in [3.05, 3.63) is 33.8 Å². The van der Waals surface area contributed by atoms with Gasteiger partial charge in [0.05, 0.1) is 0 Å². The fourth-order valence-electron chi connectivity index (χ4n) is 1.10. The van der Waals surface area contributed by atoms with Gasteiger partial charge in [-0.15, -0.1) is 0 Å². The second kappa shape index (κ2) is 4.82. The number of halogens is 2. The summed E-state index contributed by atoms with van der Waals surface area (Å²) in [5, 5.41) is 9.83. The van der Waals surface area contributed by atoms with Gasteiger partial charge in [0, 0.05) is 22.7 Å². The molecule has 0 aromatic heterocycles. The maximum absolute atomic E-state index is 8.69. The zero-order valence-electron chi connectivity index (χ0n) is 7.00. The van der Waals surface area contributed by atoms with Gasteiger partial charge >= 0.3 is 0 Å². The Hall–Kier alpha value is -0.280. The molecular formula is C9H11Cl2NO. The molecule has 0 aliphatic carbocycles. The summed E-state index contributed by atoms with van der Waals surface area (Å²) in [5.74, 6) is 0. The van der Waals surface area contributed by atoms with Gasteiger partial charge < -0.3 is 10.8 Å². The van der Waals surface area contributed by atoms with E-state index in [9.17, 15) is 0 Å². The molecule has 0 heterocycles. The van der Waals surface area contributed by atoms with E-state index in [0.29, 0.717) is 16.5 Å². The van der Waals surface area contributed by atoms with Gasteiger partial charge in [-0.05, 0) is 24.1 Å². The van der Waals surface area contributed by atoms with E-state index in [1.807, 2.05) is 0 Å². The van der Waals surface area contributed by atoms with E-state index >= 15 is 0 Å². The lowest BCUT2D eigenvalue weighted by molar-refractivity contribution is 0.276. The van der Waals surface area contributed by atoms with Gasteiger partial charge in [0.15, 0.2) is 0 Å². The van der Waals surface area contributed by atoms with Crippen LogP contribution in [0.5, 0.6) is 0 Å². The van der Waals surface area contributed by atoms with Crippen LogP contribution in [0.1, 0.15) is 18.0 Å². The Morgan fingerprint density at radius 3 is 2.62 bits per heavy atom. The van der Waals surface area contributed by atoms with Gasteiger partial charge in [0.2, 0.25) is 0 Å². The number of aliphatic hydroxyl groups excluding tert-OH is 1. The zero-order chi connectivity index (χ0) is 9.84. The molecule has 0 spiro atoms. The van der Waals surface area contributed by atoms with Crippen molar-refractivity contribution in [3.8, 4) is 0 Å². The van der Waals surface area contributed by atoms with Gasteiger partial charge in [-0.3, -0.25) is 0 Å². The van der Waals surface area contributed by atoms with Crippen molar-refractivity contribution >= 4 is 23.2 Å². The van der Waals surface area contributed by atoms with Gasteiger partial charge in [-0.25, -0.2) is 0 Å². The van der Waals surface area contributed by atoms with E-state index in [-0.39, 0.29) is 12.6 Å². The van der Waals surface area contributed by atoms with Crippen molar-refractivity contribution in [1.82, 2.24) is 0 Å². The Morgan fingerprint density at radius 2 is 2.08 bits per heavy atom. The highest BCUT2D eigenvalue weighted by molar-refractivity contribution is 6.35. The Labute approximate surface area is 87.3 Å². The van der Waals surface area contributed by atoms with Gasteiger partial charge in [-0.1, -0.05) is 29.3 Å². The molecule has 0 amide bonds. The van der Waals surface area contributed by atoms with Crippen LogP contribution in [-0.2, 0) is 0 Å². The zero-order valence-corrected chi connectivity index (χ0v) is 8.52. The minimum Gasteiger partial charge on any atom is -0.396 e. The number of hydrogen-bond donors (Lipinski definition) is 2. The second-order valence-electron chi connectivity index (χ2n) is 2.78. The van der Waals surface area contributed by atoms with Crippen LogP contribution in [0.3, 0.4) is 0 Å². The fraction of sp³-hybridized carbons (Fsp3) is 0.333. The summed E-state index contributed by atoms with van der Waals surface area (Å²) in [5.41, 5.74) is 6.59. The van der Waals surface area contributed by atoms with Crippen molar-refractivity contribution in [2.24, 2.45) is 5.73 Å². The van der Waals surface area contributed by atoms with Crippen LogP contribution in [0.4, 0.5) is 0 Å². The Balaban J connectivity index is 2.88. The molecule has 0 aliphatic rings. The average molecular weight is 220 g/mol. The summed E-state index contributed by atoms with van der Waals surface area (Å²) in [7, 11) is 0. The quantitative estimate of drug-likeness (QED) is 0.821. The lowest BCUT2D eigenvalue weighted by Gasteiger charge is -2.11. The minimum absolute atomic E-state index is 0.0557. The molecule has 4 heteroatoms. The molecule has 1 aromatic carbocycles. The Kier molecular flexibility index (Phi) is 4.00. The van der Waals surface area contributed by atoms with E-state index in [4.69, 9.17) is 34.0 Å². The lowest BCUT2D eigenvalue weighted by Crippen LogP contribution is -2.12. The standard InChI is InChI=1S/C9H11Cl2NO/c10-6-1-2-7(8(11)5-6)9(12)3-4-13/h1-2,5,9,13H,3-4,12H2/t9-/m0/s1. The van der Waals surface area contributed by atoms with E-state index in [2.05, 4.69) is 0 Å². The summed E-state index contributed by atoms with van der Waals surface area (Å²) in [6.07, 6.45) is 0.501. The summed E-state index contributed by atoms with van der Waals surface area (Å²) >= 11 is 11.6. The maximum Gasteiger partial charge on any atom is 0.0468 e. The molecule has 13 heavy (non-hydrogen) atoms. The third kappa shape index (κ3) is 2.85. The predicted molar refractivity (Wildman–Crippen MR) is 55.1 cm³/mol. The Bertz CT molecular complexity index is 291. The van der Waals surface area contributed by atoms with E-state index < -0.39 is 0 Å². The van der Waals surface area contributed by atoms with Gasteiger partial charge in [0.25, 0.3) is 0 Å². The van der Waals surface area contributed by atoms with Crippen molar-refractivity contribution in [2.45, 2.75) is 12.5 Å². The SMILES string of the molecule is N[C@@H](CCO)c1ccc(Cl)cc1Cl. The van der Waals surface area contributed by atoms with Crippen molar-refractivity contribution < 1.29 is 5.11 Å². The number of benzene rings is 1. The van der Waals surface area contributed by atoms with Gasteiger partial charge in [0.1, 0.15) is 0 Å². The highest BCUT2D eigenvalue weighted by Crippen LogP contribution is 2.26. The number of aliphatic hydroxyl groups is 1. The maximum atomic E-state index is 8.69. The summed E-state index contributed by atoms with van der Waals surface area (Å²) in [6.45, 7) is 0.0557. The third-order valence-electron chi connectivity index (χ3n) is 1.80. The van der Waals surface area contributed by atoms with Crippen LogP contribution in [0.15, 0.2) is 18.2 Å². The summed E-state index contributed by atoms with van der Waals surface area (Å²) in [6, 6.07) is 4.94. The van der Waals surface area contributed by atoms with Crippen LogP contribution >= 0.6 is 23.2 Å². The van der Waals surface area contributed by atoms with Gasteiger partial charge in [-0.2, -0.15) is 0 Å². The molecule has 1 rings (SSSR count). The van der Waals surface area contributed by atoms with Crippen LogP contribution in [0, 0.1) is 0 Å². The van der Waals surface area contributed by atoms with Crippen LogP contribution < -0.4 is 5.73 Å². The fourth-order valence-corrected chi connectivity index (χ4v) is 1.65. The molecule has 0 fully saturated rings. The first-order valence-corrected chi connectivity index (χ1v) is 4.72. The minimum atomic E-state index is -0.227. The van der Waals surface area contributed by atoms with Crippen LogP contribution in [0.2, 0.25) is 10.0 Å². The molecule has 0 saturated heterocycles. The summed E-state index contributed by atoms with van der Waals surface area (Å²) < 4.78 is 0. The number of hydrogen-bond acceptors (Lipinski definition) is 2. The largest absolute Gasteiger partial charge is 0.396 e. The smallest absolute Gasteiger partial charge is 0.0468 e. The highest BCUT2D eigenvalue weighted by atomic mass is 35.5. The third-order valence-corrected chi connectivity index (χ3v) is 2.36. The number of nitrogens with two attached hydrogens (primary N) is 1. The van der Waals surface area contributed by atoms with E-state index in [1.54, 1.807) is 18.2 Å². The molecule has 3 N–H and O–H groups in total. The predicted octanol–water partition coefficient (Wildman–Crippen LogP) is 2.38. The Morgan fingerprint density at radius 1 is 1.38 bits per heavy atom. The average Bonchev–Trinajstić information content (AvgIpc) is 2.04. The first-order chi connectivity index (χ1) is 6.15. The van der Waals surface area contributed by atoms with Crippen LogP contribution in [-0.4, -0.2) is 11.7 Å². The second-order valence-corrected chi connectivity index (χ2v) is 3.63. The molecule has 0 saturated carbocycles. The normalized spacial score (nSPS) is 12.9. The molecule has 0 bridgehead atoms. The molecule has 1 atom stereocenters. The monoisotopic (exact) mass is 219 g/mol. The summed E-state index contributed by atoms with van der Waals surface area (Å²) in [4.78, 5) is 0. The van der Waals surface area contributed by atoms with Crippen molar-refractivity contribution in [2.75, 3.05) is 6.61 Å². The van der Waals surface area contributed by atoms with Crippen LogP contribution in [0.25, 0.3) is 0 Å². The van der Waals surface area contributed by atoms with E-state index in [0.717, 1.165) is 5.56 Å². The first-order valence-electron chi connectivity index (χ1n) is 3.96. The van der Waals surface area contributed by atoms with Crippen molar-refractivity contribution in [1.29, 1.82) is 0 Å². The highest BCUT2D eigenvalue weighted by Gasteiger charge is 2.09. The topological polar surface area (TPSA) is 46.2 Å². The molecular weight excluding hydrogens is 209 g/mol. The van der Waals surface area contributed by atoms with E-state index in [1.165, 1.54) is 0 Å². The first kappa shape index (κ1) is 10.8. The lowest BCUT2D eigenvalue weighted by atomic mass is 10.1. The van der Waals surface area contributed by atoms with Crippen molar-refractivity contribution in [3.63, 3.8) is 0 Å². The molecule has 1 aromatic rings. The molecule has 0 radical (unpaired) electrons. The molecule has 0 aliphatic heterocycles. The molecule has 0 unspecified atom stereocenters. The molecule has 72 valence electrons.